The van der Waals surface area contributed by atoms with Crippen molar-refractivity contribution in [3.8, 4) is 0 Å². The topological polar surface area (TPSA) is 116 Å². The van der Waals surface area contributed by atoms with E-state index in [0.717, 1.165) is 25.7 Å². The number of nitrogens with one attached hydrogen (secondary N) is 6. The zero-order valence-electron chi connectivity index (χ0n) is 22.6. The van der Waals surface area contributed by atoms with Gasteiger partial charge in [0.15, 0.2) is 0 Å². The molecule has 12 heteroatoms. The number of rotatable bonds is 10. The molecule has 2 amide bonds. The van der Waals surface area contributed by atoms with Crippen LogP contribution in [0.2, 0.25) is 0 Å². The number of fused-ring (bicyclic) bond motifs is 1. The number of hydrogen-bond acceptors (Lipinski definition) is 7. The van der Waals surface area contributed by atoms with Gasteiger partial charge >= 0.3 is 6.18 Å². The molecule has 5 atom stereocenters. The van der Waals surface area contributed by atoms with Crippen LogP contribution in [-0.2, 0) is 14.4 Å². The molecule has 2 saturated heterocycles. The summed E-state index contributed by atoms with van der Waals surface area (Å²) in [6, 6.07) is 0. The van der Waals surface area contributed by atoms with Crippen LogP contribution in [0.3, 0.4) is 0 Å². The lowest BCUT2D eigenvalue weighted by molar-refractivity contribution is -0.184. The van der Waals surface area contributed by atoms with Gasteiger partial charge in [-0.1, -0.05) is 26.7 Å². The van der Waals surface area contributed by atoms with Crippen molar-refractivity contribution in [1.29, 1.82) is 0 Å². The molecule has 5 unspecified atom stereocenters. The highest BCUT2D eigenvalue weighted by Gasteiger charge is 2.44. The molecule has 0 aromatic carbocycles. The van der Waals surface area contributed by atoms with E-state index in [1.165, 1.54) is 0 Å². The van der Waals surface area contributed by atoms with Crippen LogP contribution >= 0.6 is 0 Å². The largest absolute Gasteiger partial charge is 0.391 e. The predicted molar refractivity (Wildman–Crippen MR) is 136 cm³/mol. The Morgan fingerprint density at radius 3 is 2.53 bits per heavy atom. The summed E-state index contributed by atoms with van der Waals surface area (Å²) >= 11 is 0. The molecule has 0 aromatic rings. The third-order valence-electron chi connectivity index (χ3n) is 8.78. The van der Waals surface area contributed by atoms with Crippen molar-refractivity contribution in [2.75, 3.05) is 13.1 Å². The molecule has 4 aliphatic rings. The van der Waals surface area contributed by atoms with Gasteiger partial charge in [0, 0.05) is 31.3 Å². The van der Waals surface area contributed by atoms with Crippen LogP contribution in [0, 0.1) is 29.1 Å². The lowest BCUT2D eigenvalue weighted by atomic mass is 9.76. The molecule has 2 aliphatic heterocycles. The number of halogens is 3. The fourth-order valence-corrected chi connectivity index (χ4v) is 6.34. The quantitative estimate of drug-likeness (QED) is 0.250. The monoisotopic (exact) mass is 546 g/mol. The van der Waals surface area contributed by atoms with Crippen LogP contribution in [0.5, 0.6) is 0 Å². The highest BCUT2D eigenvalue weighted by atomic mass is 19.4. The number of hydroxylamine groups is 1. The highest BCUT2D eigenvalue weighted by molar-refractivity contribution is 5.79. The number of carbonyl (C=O) groups is 2. The van der Waals surface area contributed by atoms with Gasteiger partial charge in [-0.3, -0.25) is 30.5 Å². The van der Waals surface area contributed by atoms with Crippen LogP contribution in [0.15, 0.2) is 0 Å². The van der Waals surface area contributed by atoms with Crippen molar-refractivity contribution in [2.24, 2.45) is 29.1 Å². The van der Waals surface area contributed by atoms with Gasteiger partial charge in [0.05, 0.1) is 18.2 Å². The minimum absolute atomic E-state index is 0.0125. The summed E-state index contributed by atoms with van der Waals surface area (Å²) in [6.45, 7) is 5.44. The van der Waals surface area contributed by atoms with Gasteiger partial charge < -0.3 is 5.32 Å². The molecule has 38 heavy (non-hydrogen) atoms. The molecule has 4 rings (SSSR count). The summed E-state index contributed by atoms with van der Waals surface area (Å²) in [5.74, 6) is -0.635. The SMILES string of the molecule is CC(C)(CNC(=O)CCCC1NC(C2CCC(C(F)(F)F)CC2)NO1)CNC1NNC(=O)C2CCCCC12. The average molecular weight is 547 g/mol. The van der Waals surface area contributed by atoms with Gasteiger partial charge in [0.25, 0.3) is 0 Å². The molecule has 6 N–H and O–H groups in total. The maximum atomic E-state index is 12.9. The number of carbonyl (C=O) groups excluding carboxylic acids is 2. The van der Waals surface area contributed by atoms with Crippen LogP contribution in [0.25, 0.3) is 0 Å². The molecule has 2 aliphatic carbocycles. The Hall–Kier alpha value is -1.47. The summed E-state index contributed by atoms with van der Waals surface area (Å²) in [5.41, 5.74) is 8.72. The van der Waals surface area contributed by atoms with Gasteiger partial charge in [0.1, 0.15) is 6.23 Å². The van der Waals surface area contributed by atoms with Crippen LogP contribution in [0.1, 0.15) is 84.5 Å². The fraction of sp³-hybridized carbons (Fsp3) is 0.923. The number of hydrazine groups is 1. The normalized spacial score (nSPS) is 34.4. The summed E-state index contributed by atoms with van der Waals surface area (Å²) in [7, 11) is 0. The fourth-order valence-electron chi connectivity index (χ4n) is 6.34. The minimum Gasteiger partial charge on any atom is -0.356 e. The van der Waals surface area contributed by atoms with Crippen LogP contribution < -0.4 is 32.3 Å². The minimum atomic E-state index is -4.10. The maximum absolute atomic E-state index is 12.9. The Labute approximate surface area is 223 Å². The zero-order valence-corrected chi connectivity index (χ0v) is 22.6. The lowest BCUT2D eigenvalue weighted by Crippen LogP contribution is -2.65. The summed E-state index contributed by atoms with van der Waals surface area (Å²) in [6.07, 6.45) is 2.80. The van der Waals surface area contributed by atoms with E-state index in [1.807, 2.05) is 0 Å². The van der Waals surface area contributed by atoms with Crippen molar-refractivity contribution < 1.29 is 27.6 Å². The van der Waals surface area contributed by atoms with Gasteiger partial charge in [0.2, 0.25) is 11.8 Å². The predicted octanol–water partition coefficient (Wildman–Crippen LogP) is 2.80. The third-order valence-corrected chi connectivity index (χ3v) is 8.78. The standard InChI is InChI=1S/C26H45F3N6O3/c1-25(2,15-31-23-18-6-3-4-7-19(18)24(37)34-33-23)14-30-20(36)8-5-9-21-32-22(35-38-21)16-10-12-17(13-11-16)26(27,28)29/h16-19,21-23,31-33,35H,3-15H2,1-2H3,(H,30,36)(H,34,37). The first kappa shape index (κ1) is 29.5. The first-order valence-electron chi connectivity index (χ1n) is 14.3. The van der Waals surface area contributed by atoms with E-state index in [2.05, 4.69) is 46.1 Å². The summed E-state index contributed by atoms with van der Waals surface area (Å²) in [4.78, 5) is 30.2. The average Bonchev–Trinajstić information content (AvgIpc) is 3.36. The molecule has 0 spiro atoms. The second-order valence-corrected chi connectivity index (χ2v) is 12.4. The Balaban J connectivity index is 1.08. The van der Waals surface area contributed by atoms with Crippen molar-refractivity contribution in [3.63, 3.8) is 0 Å². The van der Waals surface area contributed by atoms with Crippen molar-refractivity contribution in [1.82, 2.24) is 32.3 Å². The van der Waals surface area contributed by atoms with E-state index in [9.17, 15) is 22.8 Å². The van der Waals surface area contributed by atoms with E-state index >= 15 is 0 Å². The van der Waals surface area contributed by atoms with Crippen molar-refractivity contribution >= 4 is 11.8 Å². The number of amides is 2. The molecular weight excluding hydrogens is 501 g/mol. The molecule has 4 fully saturated rings. The Morgan fingerprint density at radius 2 is 1.79 bits per heavy atom. The van der Waals surface area contributed by atoms with Gasteiger partial charge in [-0.05, 0) is 62.7 Å². The molecule has 0 aromatic heterocycles. The molecule has 2 heterocycles. The molecule has 9 nitrogen and oxygen atoms in total. The Kier molecular flexibility index (Phi) is 9.94. The number of alkyl halides is 3. The summed E-state index contributed by atoms with van der Waals surface area (Å²) < 4.78 is 38.7. The summed E-state index contributed by atoms with van der Waals surface area (Å²) in [5, 5.41) is 9.93. The van der Waals surface area contributed by atoms with Gasteiger partial charge in [-0.15, -0.1) is 0 Å². The molecular formula is C26H45F3N6O3. The molecule has 2 saturated carbocycles. The van der Waals surface area contributed by atoms with Crippen molar-refractivity contribution in [3.05, 3.63) is 0 Å². The second-order valence-electron chi connectivity index (χ2n) is 12.4. The smallest absolute Gasteiger partial charge is 0.356 e. The van der Waals surface area contributed by atoms with E-state index in [1.54, 1.807) is 0 Å². The van der Waals surface area contributed by atoms with Gasteiger partial charge in [-0.2, -0.15) is 18.7 Å². The second kappa shape index (κ2) is 12.8. The Morgan fingerprint density at radius 1 is 1.05 bits per heavy atom. The van der Waals surface area contributed by atoms with Gasteiger partial charge in [-0.25, -0.2) is 5.43 Å². The van der Waals surface area contributed by atoms with E-state index in [4.69, 9.17) is 4.84 Å². The van der Waals surface area contributed by atoms with E-state index in [0.29, 0.717) is 51.1 Å². The molecule has 0 bridgehead atoms. The molecule has 0 radical (unpaired) electrons. The zero-order chi connectivity index (χ0) is 27.3. The number of hydrogen-bond donors (Lipinski definition) is 6. The van der Waals surface area contributed by atoms with E-state index < -0.39 is 12.1 Å². The first-order valence-corrected chi connectivity index (χ1v) is 14.3. The van der Waals surface area contributed by atoms with Crippen LogP contribution in [0.4, 0.5) is 13.2 Å². The van der Waals surface area contributed by atoms with Crippen LogP contribution in [-0.4, -0.2) is 49.6 Å². The van der Waals surface area contributed by atoms with E-state index in [-0.39, 0.29) is 60.5 Å². The maximum Gasteiger partial charge on any atom is 0.391 e. The first-order chi connectivity index (χ1) is 18.0. The molecule has 218 valence electrons. The van der Waals surface area contributed by atoms with Crippen molar-refractivity contribution in [2.45, 2.75) is 109 Å². The third kappa shape index (κ3) is 8.03. The highest BCUT2D eigenvalue weighted by Crippen LogP contribution is 2.40. The lowest BCUT2D eigenvalue weighted by Gasteiger charge is -2.42. The Bertz CT molecular complexity index is 806.